The Morgan fingerprint density at radius 3 is 2.42 bits per heavy atom. The molecular weight excluding hydrogens is 333 g/mol. The summed E-state index contributed by atoms with van der Waals surface area (Å²) in [5.74, 6) is 0.0565. The molecule has 2 saturated heterocycles. The number of hydrogen-bond donors (Lipinski definition) is 2. The van der Waals surface area contributed by atoms with E-state index in [0.29, 0.717) is 37.5 Å². The van der Waals surface area contributed by atoms with Crippen LogP contribution in [0.3, 0.4) is 0 Å². The van der Waals surface area contributed by atoms with Gasteiger partial charge in [-0.15, -0.1) is 0 Å². The monoisotopic (exact) mass is 359 g/mol. The van der Waals surface area contributed by atoms with Crippen LogP contribution in [0.15, 0.2) is 24.3 Å². The maximum atomic E-state index is 12.9. The van der Waals surface area contributed by atoms with Crippen molar-refractivity contribution in [1.82, 2.24) is 10.2 Å². The molecule has 2 aliphatic heterocycles. The molecule has 4 rings (SSSR count). The number of benzene rings is 1. The Hall–Kier alpha value is -1.95. The number of likely N-dealkylation sites (tertiary alicyclic amines) is 1. The third-order valence-corrected chi connectivity index (χ3v) is 6.38. The number of nitrogens with zero attached hydrogens (tertiary/aromatic N) is 1. The maximum absolute atomic E-state index is 12.9. The zero-order valence-corrected chi connectivity index (χ0v) is 15.0. The van der Waals surface area contributed by atoms with Crippen molar-refractivity contribution in [1.29, 1.82) is 0 Å². The molecule has 3 aliphatic rings. The predicted octanol–water partition coefficient (Wildman–Crippen LogP) is 2.39. The lowest BCUT2D eigenvalue weighted by Gasteiger charge is -2.32. The summed E-state index contributed by atoms with van der Waals surface area (Å²) in [5, 5.41) is 6.22. The summed E-state index contributed by atoms with van der Waals surface area (Å²) >= 11 is 0. The normalized spacial score (nSPS) is 25.1. The fourth-order valence-electron chi connectivity index (χ4n) is 4.53. The second-order valence-electron chi connectivity index (χ2n) is 7.96. The van der Waals surface area contributed by atoms with Gasteiger partial charge in [0.25, 0.3) is 0 Å². The molecule has 2 N–H and O–H groups in total. The first-order valence-electron chi connectivity index (χ1n) is 9.63. The summed E-state index contributed by atoms with van der Waals surface area (Å²) in [4.78, 5) is 27.2. The van der Waals surface area contributed by atoms with E-state index in [0.717, 1.165) is 32.4 Å². The van der Waals surface area contributed by atoms with Crippen molar-refractivity contribution in [2.24, 2.45) is 17.3 Å². The van der Waals surface area contributed by atoms with Crippen molar-refractivity contribution in [2.75, 3.05) is 31.5 Å². The molecule has 1 spiro atoms. The molecule has 1 aromatic carbocycles. The number of piperidine rings is 2. The number of anilines is 1. The minimum atomic E-state index is -0.318. The fourth-order valence-corrected chi connectivity index (χ4v) is 4.53. The first kappa shape index (κ1) is 17.5. The van der Waals surface area contributed by atoms with Gasteiger partial charge in [0.05, 0.1) is 0 Å². The van der Waals surface area contributed by atoms with Crippen LogP contribution in [0.2, 0.25) is 0 Å². The van der Waals surface area contributed by atoms with Gasteiger partial charge < -0.3 is 15.5 Å². The van der Waals surface area contributed by atoms with Crippen LogP contribution in [-0.2, 0) is 9.59 Å². The van der Waals surface area contributed by atoms with E-state index in [1.807, 2.05) is 4.90 Å². The van der Waals surface area contributed by atoms with E-state index in [1.54, 1.807) is 12.1 Å². The standard InChI is InChI=1S/C20H26FN3O2/c21-15-1-3-16(4-2-15)23-18(25)14-5-11-24(12-6-14)19(26)17-13-20(17)7-9-22-10-8-20/h1-4,14,17,22H,5-13H2,(H,23,25). The average molecular weight is 359 g/mol. The van der Waals surface area contributed by atoms with Crippen LogP contribution in [0.1, 0.15) is 32.1 Å². The molecule has 1 saturated carbocycles. The predicted molar refractivity (Wildman–Crippen MR) is 97.0 cm³/mol. The van der Waals surface area contributed by atoms with E-state index < -0.39 is 0 Å². The highest BCUT2D eigenvalue weighted by Crippen LogP contribution is 2.59. The summed E-state index contributed by atoms with van der Waals surface area (Å²) in [7, 11) is 0. The van der Waals surface area contributed by atoms with Gasteiger partial charge in [0.15, 0.2) is 0 Å². The van der Waals surface area contributed by atoms with Gasteiger partial charge in [0, 0.05) is 30.6 Å². The van der Waals surface area contributed by atoms with Crippen molar-refractivity contribution in [3.05, 3.63) is 30.1 Å². The third-order valence-electron chi connectivity index (χ3n) is 6.38. The van der Waals surface area contributed by atoms with Crippen LogP contribution in [-0.4, -0.2) is 42.9 Å². The Morgan fingerprint density at radius 1 is 1.12 bits per heavy atom. The minimum absolute atomic E-state index is 0.0371. The van der Waals surface area contributed by atoms with Crippen molar-refractivity contribution in [2.45, 2.75) is 32.1 Å². The first-order valence-corrected chi connectivity index (χ1v) is 9.63. The van der Waals surface area contributed by atoms with Crippen LogP contribution in [0.4, 0.5) is 10.1 Å². The van der Waals surface area contributed by atoms with E-state index in [2.05, 4.69) is 10.6 Å². The number of halogens is 1. The van der Waals surface area contributed by atoms with E-state index in [4.69, 9.17) is 0 Å². The van der Waals surface area contributed by atoms with E-state index in [-0.39, 0.29) is 29.0 Å². The molecule has 5 nitrogen and oxygen atoms in total. The second-order valence-corrected chi connectivity index (χ2v) is 7.96. The zero-order valence-electron chi connectivity index (χ0n) is 15.0. The van der Waals surface area contributed by atoms with E-state index >= 15 is 0 Å². The van der Waals surface area contributed by atoms with Crippen LogP contribution < -0.4 is 10.6 Å². The van der Waals surface area contributed by atoms with Gasteiger partial charge in [-0.1, -0.05) is 0 Å². The van der Waals surface area contributed by atoms with Gasteiger partial charge in [-0.25, -0.2) is 4.39 Å². The fraction of sp³-hybridized carbons (Fsp3) is 0.600. The third kappa shape index (κ3) is 3.47. The van der Waals surface area contributed by atoms with Crippen LogP contribution in [0, 0.1) is 23.1 Å². The van der Waals surface area contributed by atoms with Crippen molar-refractivity contribution in [3.63, 3.8) is 0 Å². The molecule has 140 valence electrons. The molecule has 6 heteroatoms. The maximum Gasteiger partial charge on any atom is 0.227 e. The summed E-state index contributed by atoms with van der Waals surface area (Å²) < 4.78 is 12.9. The summed E-state index contributed by atoms with van der Waals surface area (Å²) in [6, 6.07) is 5.81. The van der Waals surface area contributed by atoms with Crippen LogP contribution in [0.25, 0.3) is 0 Å². The van der Waals surface area contributed by atoms with E-state index in [9.17, 15) is 14.0 Å². The van der Waals surface area contributed by atoms with Crippen LogP contribution >= 0.6 is 0 Å². The Bertz CT molecular complexity index is 677. The molecule has 0 radical (unpaired) electrons. The van der Waals surface area contributed by atoms with Gasteiger partial charge in [0.2, 0.25) is 11.8 Å². The number of amides is 2. The van der Waals surface area contributed by atoms with Crippen molar-refractivity contribution >= 4 is 17.5 Å². The molecule has 0 bridgehead atoms. The Morgan fingerprint density at radius 2 is 1.77 bits per heavy atom. The molecular formula is C20H26FN3O2. The van der Waals surface area contributed by atoms with Gasteiger partial charge in [-0.2, -0.15) is 0 Å². The molecule has 26 heavy (non-hydrogen) atoms. The van der Waals surface area contributed by atoms with Crippen molar-refractivity contribution < 1.29 is 14.0 Å². The lowest BCUT2D eigenvalue weighted by molar-refractivity contribution is -0.136. The second kappa shape index (κ2) is 6.99. The lowest BCUT2D eigenvalue weighted by Crippen LogP contribution is -2.43. The minimum Gasteiger partial charge on any atom is -0.342 e. The van der Waals surface area contributed by atoms with Gasteiger partial charge in [-0.3, -0.25) is 9.59 Å². The molecule has 2 amide bonds. The Kier molecular flexibility index (Phi) is 4.69. The zero-order chi connectivity index (χ0) is 18.1. The van der Waals surface area contributed by atoms with E-state index in [1.165, 1.54) is 12.1 Å². The van der Waals surface area contributed by atoms with Gasteiger partial charge in [-0.05, 0) is 74.9 Å². The highest BCUT2D eigenvalue weighted by atomic mass is 19.1. The summed E-state index contributed by atoms with van der Waals surface area (Å²) in [6.07, 6.45) is 4.65. The first-order chi connectivity index (χ1) is 12.6. The molecule has 1 atom stereocenters. The van der Waals surface area contributed by atoms with Crippen molar-refractivity contribution in [3.8, 4) is 0 Å². The summed E-state index contributed by atoms with van der Waals surface area (Å²) in [6.45, 7) is 3.36. The average Bonchev–Trinajstić information content (AvgIpc) is 3.36. The Labute approximate surface area is 153 Å². The van der Waals surface area contributed by atoms with Gasteiger partial charge in [0.1, 0.15) is 5.82 Å². The molecule has 1 aliphatic carbocycles. The lowest BCUT2D eigenvalue weighted by atomic mass is 9.90. The number of rotatable bonds is 3. The quantitative estimate of drug-likeness (QED) is 0.871. The van der Waals surface area contributed by atoms with Gasteiger partial charge >= 0.3 is 0 Å². The number of nitrogens with one attached hydrogen (secondary N) is 2. The molecule has 2 heterocycles. The summed E-state index contributed by atoms with van der Waals surface area (Å²) in [5.41, 5.74) is 0.875. The molecule has 0 aromatic heterocycles. The SMILES string of the molecule is O=C(Nc1ccc(F)cc1)C1CCN(C(=O)C2CC23CCNCC3)CC1. The number of carbonyl (C=O) groups excluding carboxylic acids is 2. The molecule has 1 unspecified atom stereocenters. The smallest absolute Gasteiger partial charge is 0.227 e. The molecule has 1 aromatic rings. The van der Waals surface area contributed by atoms with Crippen LogP contribution in [0.5, 0.6) is 0 Å². The number of hydrogen-bond acceptors (Lipinski definition) is 3. The highest BCUT2D eigenvalue weighted by molar-refractivity contribution is 5.92. The molecule has 3 fully saturated rings. The largest absolute Gasteiger partial charge is 0.342 e. The Balaban J connectivity index is 1.27. The topological polar surface area (TPSA) is 61.4 Å². The number of carbonyl (C=O) groups is 2. The highest BCUT2D eigenvalue weighted by Gasteiger charge is 2.58.